The summed E-state index contributed by atoms with van der Waals surface area (Å²) in [6.45, 7) is 0.299. The van der Waals surface area contributed by atoms with E-state index in [4.69, 9.17) is 9.47 Å². The number of carboxylic acids is 1. The Morgan fingerprint density at radius 2 is 2.04 bits per heavy atom. The minimum Gasteiger partial charge on any atom is -0.544 e. The molecule has 3 rings (SSSR count). The predicted molar refractivity (Wildman–Crippen MR) is 89.6 cm³/mol. The molecule has 7 heteroatoms. The topological polar surface area (TPSA) is 75.2 Å². The Morgan fingerprint density at radius 1 is 1.28 bits per heavy atom. The highest BCUT2D eigenvalue weighted by atomic mass is 32.2. The molecule has 0 amide bonds. The van der Waals surface area contributed by atoms with Gasteiger partial charge in [0.15, 0.2) is 16.9 Å². The van der Waals surface area contributed by atoms with Gasteiger partial charge in [0.05, 0.1) is 12.9 Å². The molecule has 2 aromatic carbocycles. The van der Waals surface area contributed by atoms with Gasteiger partial charge in [0, 0.05) is 5.56 Å². The molecule has 0 unspecified atom stereocenters. The van der Waals surface area contributed by atoms with E-state index in [1.165, 1.54) is 12.1 Å². The molecule has 2 aromatic rings. The fourth-order valence-corrected chi connectivity index (χ4v) is 3.91. The van der Waals surface area contributed by atoms with E-state index in [-0.39, 0.29) is 11.2 Å². The Balaban J connectivity index is 1.69. The maximum absolute atomic E-state index is 12.9. The minimum atomic E-state index is -1.04. The van der Waals surface area contributed by atoms with Crippen molar-refractivity contribution in [1.29, 1.82) is 0 Å². The third-order valence-corrected chi connectivity index (χ3v) is 5.33. The lowest BCUT2D eigenvalue weighted by Crippen LogP contribution is -2.90. The Bertz CT molecular complexity index is 753. The van der Waals surface area contributed by atoms with Crippen LogP contribution in [0.15, 0.2) is 42.5 Å². The first-order valence-electron chi connectivity index (χ1n) is 7.79. The van der Waals surface area contributed by atoms with E-state index in [0.29, 0.717) is 23.9 Å². The van der Waals surface area contributed by atoms with Crippen molar-refractivity contribution in [1.82, 2.24) is 0 Å². The van der Waals surface area contributed by atoms with E-state index in [1.54, 1.807) is 42.4 Å². The van der Waals surface area contributed by atoms with Crippen molar-refractivity contribution >= 4 is 17.7 Å². The number of carboxylic acid groups (broad SMARTS) is 1. The van der Waals surface area contributed by atoms with Gasteiger partial charge in [-0.1, -0.05) is 23.9 Å². The van der Waals surface area contributed by atoms with Gasteiger partial charge in [0.1, 0.15) is 24.4 Å². The second-order valence-corrected chi connectivity index (χ2v) is 6.87. The van der Waals surface area contributed by atoms with Crippen LogP contribution in [0.2, 0.25) is 0 Å². The van der Waals surface area contributed by atoms with Gasteiger partial charge in [-0.25, -0.2) is 4.39 Å². The lowest BCUT2D eigenvalue weighted by Gasteiger charge is -2.15. The number of hydrogen-bond acceptors (Lipinski definition) is 5. The van der Waals surface area contributed by atoms with Gasteiger partial charge in [-0.3, -0.25) is 0 Å². The van der Waals surface area contributed by atoms with Crippen LogP contribution in [-0.2, 0) is 11.4 Å². The Hall–Kier alpha value is -2.25. The van der Waals surface area contributed by atoms with Crippen LogP contribution < -0.4 is 19.9 Å². The molecular formula is C18H18FNO4S. The summed E-state index contributed by atoms with van der Waals surface area (Å²) in [5.74, 6) is 0.339. The first-order chi connectivity index (χ1) is 12.1. The molecule has 1 heterocycles. The lowest BCUT2D eigenvalue weighted by atomic mass is 10.2. The molecule has 5 nitrogen and oxygen atoms in total. The van der Waals surface area contributed by atoms with Gasteiger partial charge in [-0.2, -0.15) is 0 Å². The SMILES string of the molecule is COc1cc([C@@H]2[NH2+][C@H](C(=O)[O-])CS2)ccc1OCc1ccc(F)cc1. The number of halogens is 1. The molecule has 0 spiro atoms. The lowest BCUT2D eigenvalue weighted by molar-refractivity contribution is -0.690. The number of quaternary nitrogens is 1. The van der Waals surface area contributed by atoms with Gasteiger partial charge in [0.2, 0.25) is 0 Å². The molecule has 0 radical (unpaired) electrons. The molecule has 2 atom stereocenters. The summed E-state index contributed by atoms with van der Waals surface area (Å²) in [6, 6.07) is 11.1. The summed E-state index contributed by atoms with van der Waals surface area (Å²) in [4.78, 5) is 11.0. The van der Waals surface area contributed by atoms with E-state index < -0.39 is 12.0 Å². The number of nitrogens with two attached hydrogens (primary N) is 1. The zero-order chi connectivity index (χ0) is 17.8. The quantitative estimate of drug-likeness (QED) is 0.823. The van der Waals surface area contributed by atoms with E-state index in [9.17, 15) is 14.3 Å². The number of rotatable bonds is 6. The summed E-state index contributed by atoms with van der Waals surface area (Å²) < 4.78 is 24.1. The second-order valence-electron chi connectivity index (χ2n) is 5.70. The smallest absolute Gasteiger partial charge is 0.161 e. The van der Waals surface area contributed by atoms with Gasteiger partial charge in [0.25, 0.3) is 0 Å². The fourth-order valence-electron chi connectivity index (χ4n) is 2.61. The largest absolute Gasteiger partial charge is 0.544 e. The molecule has 2 N–H and O–H groups in total. The average Bonchev–Trinajstić information content (AvgIpc) is 3.11. The highest BCUT2D eigenvalue weighted by Gasteiger charge is 2.31. The normalized spacial score (nSPS) is 19.6. The predicted octanol–water partition coefficient (Wildman–Crippen LogP) is 0.841. The molecule has 1 fully saturated rings. The van der Waals surface area contributed by atoms with Crippen LogP contribution in [0.1, 0.15) is 16.5 Å². The van der Waals surface area contributed by atoms with Crippen molar-refractivity contribution in [2.24, 2.45) is 0 Å². The van der Waals surface area contributed by atoms with Crippen molar-refractivity contribution in [3.8, 4) is 11.5 Å². The number of ether oxygens (including phenoxy) is 2. The highest BCUT2D eigenvalue weighted by molar-refractivity contribution is 7.99. The molecular weight excluding hydrogens is 345 g/mol. The van der Waals surface area contributed by atoms with E-state index in [2.05, 4.69) is 0 Å². The minimum absolute atomic E-state index is 0.0112. The third kappa shape index (κ3) is 4.24. The van der Waals surface area contributed by atoms with Gasteiger partial charge >= 0.3 is 0 Å². The number of thioether (sulfide) groups is 1. The van der Waals surface area contributed by atoms with Crippen LogP contribution in [0, 0.1) is 5.82 Å². The highest BCUT2D eigenvalue weighted by Crippen LogP contribution is 2.34. The van der Waals surface area contributed by atoms with Crippen LogP contribution in [0.5, 0.6) is 11.5 Å². The maximum Gasteiger partial charge on any atom is 0.161 e. The fraction of sp³-hybridized carbons (Fsp3) is 0.278. The Labute approximate surface area is 149 Å². The Morgan fingerprint density at radius 3 is 2.68 bits per heavy atom. The molecule has 0 aromatic heterocycles. The first-order valence-corrected chi connectivity index (χ1v) is 8.84. The summed E-state index contributed by atoms with van der Waals surface area (Å²) in [6.07, 6.45) is 0. The molecule has 1 aliphatic heterocycles. The molecule has 25 heavy (non-hydrogen) atoms. The van der Waals surface area contributed by atoms with Crippen molar-refractivity contribution in [3.63, 3.8) is 0 Å². The molecule has 0 aliphatic carbocycles. The van der Waals surface area contributed by atoms with Gasteiger partial charge in [-0.15, -0.1) is 0 Å². The van der Waals surface area contributed by atoms with E-state index >= 15 is 0 Å². The van der Waals surface area contributed by atoms with Crippen LogP contribution in [0.25, 0.3) is 0 Å². The summed E-state index contributed by atoms with van der Waals surface area (Å²) >= 11 is 1.56. The average molecular weight is 363 g/mol. The van der Waals surface area contributed by atoms with Crippen LogP contribution in [0.4, 0.5) is 4.39 Å². The number of carbonyl (C=O) groups is 1. The van der Waals surface area contributed by atoms with Crippen molar-refractivity contribution in [2.45, 2.75) is 18.0 Å². The first kappa shape index (κ1) is 17.6. The van der Waals surface area contributed by atoms with E-state index in [1.807, 2.05) is 12.1 Å². The summed E-state index contributed by atoms with van der Waals surface area (Å²) in [5, 5.41) is 12.7. The second kappa shape index (κ2) is 7.76. The third-order valence-electron chi connectivity index (χ3n) is 3.99. The molecule has 1 saturated heterocycles. The number of hydrogen-bond donors (Lipinski definition) is 1. The summed E-state index contributed by atoms with van der Waals surface area (Å²) in [7, 11) is 1.55. The van der Waals surface area contributed by atoms with Crippen molar-refractivity contribution in [2.75, 3.05) is 12.9 Å². The number of methoxy groups -OCH3 is 1. The van der Waals surface area contributed by atoms with Crippen molar-refractivity contribution < 1.29 is 29.1 Å². The number of carbonyl (C=O) groups excluding carboxylic acids is 1. The van der Waals surface area contributed by atoms with Gasteiger partial charge < -0.3 is 24.7 Å². The van der Waals surface area contributed by atoms with E-state index in [0.717, 1.165) is 11.1 Å². The maximum atomic E-state index is 12.9. The van der Waals surface area contributed by atoms with Crippen LogP contribution >= 0.6 is 11.8 Å². The standard InChI is InChI=1S/C18H18FNO4S/c1-23-16-8-12(17-20-14(10-25-17)18(21)22)4-7-15(16)24-9-11-2-5-13(19)6-3-11/h2-8,14,17,20H,9-10H2,1H3,(H,21,22)/t14-,17+/m0/s1. The molecule has 132 valence electrons. The Kier molecular flexibility index (Phi) is 5.45. The zero-order valence-corrected chi connectivity index (χ0v) is 14.4. The molecule has 1 aliphatic rings. The van der Waals surface area contributed by atoms with Crippen LogP contribution in [-0.4, -0.2) is 24.9 Å². The number of aliphatic carboxylic acids is 1. The van der Waals surface area contributed by atoms with Gasteiger partial charge in [-0.05, 0) is 35.9 Å². The molecule has 0 bridgehead atoms. The summed E-state index contributed by atoms with van der Waals surface area (Å²) in [5.41, 5.74) is 1.81. The van der Waals surface area contributed by atoms with Crippen molar-refractivity contribution in [3.05, 3.63) is 59.4 Å². The zero-order valence-electron chi connectivity index (χ0n) is 13.6. The molecule has 0 saturated carbocycles. The monoisotopic (exact) mass is 363 g/mol. The van der Waals surface area contributed by atoms with Crippen LogP contribution in [0.3, 0.4) is 0 Å². The number of benzene rings is 2.